The lowest BCUT2D eigenvalue weighted by atomic mass is 10.1. The predicted molar refractivity (Wildman–Crippen MR) is 90.1 cm³/mol. The van der Waals surface area contributed by atoms with Crippen molar-refractivity contribution in [2.75, 3.05) is 13.1 Å². The van der Waals surface area contributed by atoms with Crippen LogP contribution < -0.4 is 10.6 Å². The van der Waals surface area contributed by atoms with E-state index in [2.05, 4.69) is 26.6 Å². The number of halogens is 1. The average Bonchev–Trinajstić information content (AvgIpc) is 3.00. The van der Waals surface area contributed by atoms with Crippen LogP contribution in [0.4, 0.5) is 0 Å². The van der Waals surface area contributed by atoms with Crippen LogP contribution in [-0.4, -0.2) is 47.9 Å². The van der Waals surface area contributed by atoms with Gasteiger partial charge in [0.2, 0.25) is 5.91 Å². The monoisotopic (exact) mass is 385 g/mol. The van der Waals surface area contributed by atoms with Gasteiger partial charge in [-0.05, 0) is 60.8 Å². The highest BCUT2D eigenvalue weighted by molar-refractivity contribution is 9.11. The molecule has 0 aromatic carbocycles. The molecule has 2 aliphatic rings. The van der Waals surface area contributed by atoms with Gasteiger partial charge in [-0.15, -0.1) is 11.3 Å². The van der Waals surface area contributed by atoms with E-state index in [0.717, 1.165) is 36.1 Å². The van der Waals surface area contributed by atoms with Crippen molar-refractivity contribution in [2.45, 2.75) is 44.3 Å². The topological polar surface area (TPSA) is 61.4 Å². The first-order valence-corrected chi connectivity index (χ1v) is 9.26. The number of thiophene rings is 1. The molecule has 0 spiro atoms. The molecule has 3 unspecified atom stereocenters. The zero-order chi connectivity index (χ0) is 15.7. The maximum atomic E-state index is 12.8. The molecule has 7 heteroatoms. The molecule has 2 bridgehead atoms. The van der Waals surface area contributed by atoms with Crippen LogP contribution in [0.1, 0.15) is 35.9 Å². The Bertz CT molecular complexity index is 563. The lowest BCUT2D eigenvalue weighted by Gasteiger charge is -2.30. The molecule has 2 amide bonds. The van der Waals surface area contributed by atoms with Gasteiger partial charge < -0.3 is 15.5 Å². The van der Waals surface area contributed by atoms with Gasteiger partial charge in [0.1, 0.15) is 6.04 Å². The molecule has 0 radical (unpaired) electrons. The Hall–Kier alpha value is -0.920. The summed E-state index contributed by atoms with van der Waals surface area (Å²) in [5, 5.41) is 6.22. The standard InChI is InChI=1S/C15H20BrN3O2S/c1-9(18-14(20)12-4-5-13(16)22-12)15(21)19-10-2-3-11(19)8-17-7-6-10/h4-5,9-11,17H,2-3,6-8H2,1H3,(H,18,20). The summed E-state index contributed by atoms with van der Waals surface area (Å²) in [6, 6.07) is 3.71. The summed E-state index contributed by atoms with van der Waals surface area (Å²) < 4.78 is 0.910. The largest absolute Gasteiger partial charge is 0.340 e. The van der Waals surface area contributed by atoms with E-state index >= 15 is 0 Å². The minimum Gasteiger partial charge on any atom is -0.340 e. The highest BCUT2D eigenvalue weighted by atomic mass is 79.9. The minimum atomic E-state index is -0.491. The Morgan fingerprint density at radius 3 is 2.86 bits per heavy atom. The van der Waals surface area contributed by atoms with Crippen LogP contribution in [0.3, 0.4) is 0 Å². The SMILES string of the molecule is CC(NC(=O)c1ccc(Br)s1)C(=O)N1C2CCNCC1CC2. The molecule has 1 aromatic heterocycles. The zero-order valence-electron chi connectivity index (χ0n) is 12.5. The summed E-state index contributed by atoms with van der Waals surface area (Å²) in [5.41, 5.74) is 0. The van der Waals surface area contributed by atoms with Crippen LogP contribution in [0.5, 0.6) is 0 Å². The molecular weight excluding hydrogens is 366 g/mol. The Balaban J connectivity index is 1.65. The van der Waals surface area contributed by atoms with E-state index in [1.807, 2.05) is 11.0 Å². The third-order valence-corrected chi connectivity index (χ3v) is 6.05. The Labute approximate surface area is 142 Å². The summed E-state index contributed by atoms with van der Waals surface area (Å²) in [6.07, 6.45) is 3.14. The predicted octanol–water partition coefficient (Wildman–Crippen LogP) is 1.98. The van der Waals surface area contributed by atoms with Crippen LogP contribution in [0.25, 0.3) is 0 Å². The smallest absolute Gasteiger partial charge is 0.262 e. The second-order valence-electron chi connectivity index (χ2n) is 5.92. The fraction of sp³-hybridized carbons (Fsp3) is 0.600. The van der Waals surface area contributed by atoms with Crippen molar-refractivity contribution in [2.24, 2.45) is 0 Å². The van der Waals surface area contributed by atoms with E-state index in [1.54, 1.807) is 13.0 Å². The summed E-state index contributed by atoms with van der Waals surface area (Å²) in [7, 11) is 0. The average molecular weight is 386 g/mol. The van der Waals surface area contributed by atoms with Gasteiger partial charge in [-0.3, -0.25) is 9.59 Å². The molecule has 2 N–H and O–H groups in total. The van der Waals surface area contributed by atoms with Gasteiger partial charge in [0, 0.05) is 18.6 Å². The first kappa shape index (κ1) is 16.0. The van der Waals surface area contributed by atoms with Crippen LogP contribution in [0.2, 0.25) is 0 Å². The summed E-state index contributed by atoms with van der Waals surface area (Å²) in [5.74, 6) is -0.142. The van der Waals surface area contributed by atoms with Crippen LogP contribution in [0, 0.1) is 0 Å². The van der Waals surface area contributed by atoms with Crippen molar-refractivity contribution in [3.63, 3.8) is 0 Å². The van der Waals surface area contributed by atoms with Gasteiger partial charge >= 0.3 is 0 Å². The van der Waals surface area contributed by atoms with Gasteiger partial charge in [-0.25, -0.2) is 0 Å². The van der Waals surface area contributed by atoms with Gasteiger partial charge in [0.15, 0.2) is 0 Å². The lowest BCUT2D eigenvalue weighted by Crippen LogP contribution is -2.51. The minimum absolute atomic E-state index is 0.0418. The number of rotatable bonds is 3. The number of fused-ring (bicyclic) bond motifs is 2. The van der Waals surface area contributed by atoms with Gasteiger partial charge in [-0.1, -0.05) is 0 Å². The second-order valence-corrected chi connectivity index (χ2v) is 8.39. The molecule has 2 saturated heterocycles. The Kier molecular flexibility index (Phi) is 4.84. The normalized spacial score (nSPS) is 25.6. The number of amides is 2. The summed E-state index contributed by atoms with van der Waals surface area (Å²) in [4.78, 5) is 27.6. The van der Waals surface area contributed by atoms with Crippen molar-refractivity contribution in [3.05, 3.63) is 20.8 Å². The van der Waals surface area contributed by atoms with E-state index in [-0.39, 0.29) is 17.9 Å². The lowest BCUT2D eigenvalue weighted by molar-refractivity contribution is -0.135. The highest BCUT2D eigenvalue weighted by Crippen LogP contribution is 2.28. The van der Waals surface area contributed by atoms with Gasteiger partial charge in [-0.2, -0.15) is 0 Å². The number of nitrogens with zero attached hydrogens (tertiary/aromatic N) is 1. The number of nitrogens with one attached hydrogen (secondary N) is 2. The maximum absolute atomic E-state index is 12.8. The fourth-order valence-electron chi connectivity index (χ4n) is 3.33. The molecule has 3 atom stereocenters. The third kappa shape index (κ3) is 3.21. The third-order valence-electron chi connectivity index (χ3n) is 4.42. The molecule has 5 nitrogen and oxygen atoms in total. The molecule has 2 fully saturated rings. The quantitative estimate of drug-likeness (QED) is 0.835. The van der Waals surface area contributed by atoms with E-state index < -0.39 is 6.04 Å². The van der Waals surface area contributed by atoms with Crippen LogP contribution in [0.15, 0.2) is 15.9 Å². The number of carbonyl (C=O) groups is 2. The Morgan fingerprint density at radius 2 is 2.14 bits per heavy atom. The Morgan fingerprint density at radius 1 is 1.36 bits per heavy atom. The number of carbonyl (C=O) groups excluding carboxylic acids is 2. The molecule has 0 aliphatic carbocycles. The highest BCUT2D eigenvalue weighted by Gasteiger charge is 2.39. The van der Waals surface area contributed by atoms with E-state index in [9.17, 15) is 9.59 Å². The number of hydrogen-bond donors (Lipinski definition) is 2. The van der Waals surface area contributed by atoms with Crippen molar-refractivity contribution in [1.29, 1.82) is 0 Å². The van der Waals surface area contributed by atoms with Crippen molar-refractivity contribution in [3.8, 4) is 0 Å². The van der Waals surface area contributed by atoms with Crippen molar-refractivity contribution in [1.82, 2.24) is 15.5 Å². The van der Waals surface area contributed by atoms with E-state index in [4.69, 9.17) is 0 Å². The number of hydrogen-bond acceptors (Lipinski definition) is 4. The van der Waals surface area contributed by atoms with Crippen molar-refractivity contribution < 1.29 is 9.59 Å². The summed E-state index contributed by atoms with van der Waals surface area (Å²) in [6.45, 7) is 3.61. The van der Waals surface area contributed by atoms with E-state index in [1.165, 1.54) is 11.3 Å². The second kappa shape index (κ2) is 6.68. The zero-order valence-corrected chi connectivity index (χ0v) is 14.9. The molecule has 22 heavy (non-hydrogen) atoms. The van der Waals surface area contributed by atoms with E-state index in [0.29, 0.717) is 10.9 Å². The van der Waals surface area contributed by atoms with Gasteiger partial charge in [0.25, 0.3) is 5.91 Å². The molecule has 1 aromatic rings. The molecular formula is C15H20BrN3O2S. The van der Waals surface area contributed by atoms with Crippen molar-refractivity contribution >= 4 is 39.1 Å². The fourth-order valence-corrected chi connectivity index (χ4v) is 4.62. The van der Waals surface area contributed by atoms with Crippen LogP contribution in [-0.2, 0) is 4.79 Å². The molecule has 0 saturated carbocycles. The molecule has 120 valence electrons. The maximum Gasteiger partial charge on any atom is 0.262 e. The molecule has 2 aliphatic heterocycles. The van der Waals surface area contributed by atoms with Crippen LogP contribution >= 0.6 is 27.3 Å². The summed E-state index contributed by atoms with van der Waals surface area (Å²) >= 11 is 4.72. The first-order chi connectivity index (χ1) is 10.6. The first-order valence-electron chi connectivity index (χ1n) is 7.65. The molecule has 3 rings (SSSR count). The van der Waals surface area contributed by atoms with Gasteiger partial charge in [0.05, 0.1) is 8.66 Å². The molecule has 3 heterocycles.